The highest BCUT2D eigenvalue weighted by Gasteiger charge is 2.44. The molecule has 1 fully saturated rings. The van der Waals surface area contributed by atoms with Gasteiger partial charge in [-0.25, -0.2) is 0 Å². The van der Waals surface area contributed by atoms with Gasteiger partial charge in [0.2, 0.25) is 0 Å². The highest BCUT2D eigenvalue weighted by atomic mass is 15.2. The number of hydrogen-bond donors (Lipinski definition) is 0. The molecule has 0 radical (unpaired) electrons. The molecule has 2 aliphatic rings. The highest BCUT2D eigenvalue weighted by molar-refractivity contribution is 5.53. The summed E-state index contributed by atoms with van der Waals surface area (Å²) in [4.78, 5) is 4.84. The molecule has 2 aromatic rings. The van der Waals surface area contributed by atoms with Crippen LogP contribution in [0.1, 0.15) is 29.2 Å². The first kappa shape index (κ1) is 14.8. The standard InChI is InChI=1S/C21H26N2/c1-22(2)18-9-10-20-16(13-18)12-17-14-19(23(3)21(17)20)11-15-7-5-4-6-8-15/h4-10,13,17,19,21H,11-12,14H2,1-3H3. The second-order valence-corrected chi connectivity index (χ2v) is 7.43. The lowest BCUT2D eigenvalue weighted by Gasteiger charge is -2.26. The Hall–Kier alpha value is -1.80. The lowest BCUT2D eigenvalue weighted by molar-refractivity contribution is 0.233. The number of rotatable bonds is 3. The molecule has 0 amide bonds. The first-order valence-corrected chi connectivity index (χ1v) is 8.69. The minimum atomic E-state index is 0.620. The van der Waals surface area contributed by atoms with Gasteiger partial charge in [0.15, 0.2) is 0 Å². The van der Waals surface area contributed by atoms with Crippen molar-refractivity contribution >= 4 is 5.69 Å². The molecule has 2 heteroatoms. The Kier molecular flexibility index (Phi) is 3.65. The van der Waals surface area contributed by atoms with Crippen LogP contribution in [0.5, 0.6) is 0 Å². The molecule has 0 N–H and O–H groups in total. The molecule has 23 heavy (non-hydrogen) atoms. The summed E-state index contributed by atoms with van der Waals surface area (Å²) in [5, 5.41) is 0. The molecule has 0 aromatic heterocycles. The molecule has 4 rings (SSSR count). The van der Waals surface area contributed by atoms with Crippen LogP contribution in [0.3, 0.4) is 0 Å². The Morgan fingerprint density at radius 2 is 1.87 bits per heavy atom. The minimum absolute atomic E-state index is 0.620. The Bertz CT molecular complexity index is 692. The van der Waals surface area contributed by atoms with E-state index < -0.39 is 0 Å². The van der Waals surface area contributed by atoms with Gasteiger partial charge in [-0.05, 0) is 61.1 Å². The van der Waals surface area contributed by atoms with E-state index in [1.165, 1.54) is 30.5 Å². The van der Waals surface area contributed by atoms with Gasteiger partial charge in [-0.15, -0.1) is 0 Å². The fourth-order valence-electron chi connectivity index (χ4n) is 4.60. The van der Waals surface area contributed by atoms with E-state index in [0.29, 0.717) is 12.1 Å². The Morgan fingerprint density at radius 1 is 1.09 bits per heavy atom. The number of likely N-dealkylation sites (N-methyl/N-ethyl adjacent to an activating group) is 1. The summed E-state index contributed by atoms with van der Waals surface area (Å²) < 4.78 is 0. The molecule has 3 atom stereocenters. The van der Waals surface area contributed by atoms with Crippen molar-refractivity contribution in [1.82, 2.24) is 4.90 Å². The summed E-state index contributed by atoms with van der Waals surface area (Å²) in [5.41, 5.74) is 5.93. The average molecular weight is 306 g/mol. The van der Waals surface area contributed by atoms with E-state index in [1.54, 1.807) is 11.1 Å². The molecule has 0 bridgehead atoms. The van der Waals surface area contributed by atoms with Gasteiger partial charge in [-0.2, -0.15) is 0 Å². The van der Waals surface area contributed by atoms with Crippen LogP contribution in [0, 0.1) is 5.92 Å². The zero-order chi connectivity index (χ0) is 16.0. The molecule has 0 spiro atoms. The predicted molar refractivity (Wildman–Crippen MR) is 97.0 cm³/mol. The summed E-state index contributed by atoms with van der Waals surface area (Å²) in [6.45, 7) is 0. The van der Waals surface area contributed by atoms with Crippen LogP contribution < -0.4 is 4.90 Å². The van der Waals surface area contributed by atoms with Gasteiger partial charge in [-0.3, -0.25) is 4.90 Å². The van der Waals surface area contributed by atoms with Crippen LogP contribution in [0.25, 0.3) is 0 Å². The third-order valence-electron chi connectivity index (χ3n) is 5.79. The monoisotopic (exact) mass is 306 g/mol. The summed E-state index contributed by atoms with van der Waals surface area (Å²) in [6, 6.07) is 19.3. The van der Waals surface area contributed by atoms with Crippen molar-refractivity contribution in [2.75, 3.05) is 26.0 Å². The molecule has 1 aliphatic heterocycles. The number of hydrogen-bond acceptors (Lipinski definition) is 2. The van der Waals surface area contributed by atoms with Crippen molar-refractivity contribution in [3.63, 3.8) is 0 Å². The molecule has 120 valence electrons. The van der Waals surface area contributed by atoms with E-state index in [1.807, 2.05) is 0 Å². The van der Waals surface area contributed by atoms with Crippen molar-refractivity contribution in [2.24, 2.45) is 5.92 Å². The van der Waals surface area contributed by atoms with Crippen LogP contribution in [0.2, 0.25) is 0 Å². The van der Waals surface area contributed by atoms with E-state index in [0.717, 1.165) is 5.92 Å². The fourth-order valence-corrected chi connectivity index (χ4v) is 4.60. The molecular weight excluding hydrogens is 280 g/mol. The lowest BCUT2D eigenvalue weighted by Crippen LogP contribution is -2.29. The Balaban J connectivity index is 1.56. The molecular formula is C21H26N2. The Morgan fingerprint density at radius 3 is 2.61 bits per heavy atom. The smallest absolute Gasteiger partial charge is 0.0382 e. The third-order valence-corrected chi connectivity index (χ3v) is 5.79. The van der Waals surface area contributed by atoms with Crippen LogP contribution in [0.15, 0.2) is 48.5 Å². The average Bonchev–Trinajstić information content (AvgIpc) is 3.04. The van der Waals surface area contributed by atoms with Crippen LogP contribution in [-0.2, 0) is 12.8 Å². The third kappa shape index (κ3) is 2.55. The van der Waals surface area contributed by atoms with Crippen LogP contribution in [-0.4, -0.2) is 32.1 Å². The molecule has 0 saturated carbocycles. The van der Waals surface area contributed by atoms with Gasteiger partial charge in [0, 0.05) is 31.9 Å². The van der Waals surface area contributed by atoms with Gasteiger partial charge in [-0.1, -0.05) is 36.4 Å². The number of likely N-dealkylation sites (tertiary alicyclic amines) is 1. The summed E-state index contributed by atoms with van der Waals surface area (Å²) in [5.74, 6) is 0.793. The van der Waals surface area contributed by atoms with Crippen molar-refractivity contribution in [2.45, 2.75) is 31.3 Å². The fraction of sp³-hybridized carbons (Fsp3) is 0.429. The van der Waals surface area contributed by atoms with Gasteiger partial charge in [0.1, 0.15) is 0 Å². The van der Waals surface area contributed by atoms with Gasteiger partial charge in [0.05, 0.1) is 0 Å². The normalized spacial score (nSPS) is 26.1. The molecule has 1 saturated heterocycles. The highest BCUT2D eigenvalue weighted by Crippen LogP contribution is 2.49. The maximum Gasteiger partial charge on any atom is 0.0382 e. The van der Waals surface area contributed by atoms with Gasteiger partial charge >= 0.3 is 0 Å². The van der Waals surface area contributed by atoms with E-state index in [9.17, 15) is 0 Å². The number of anilines is 1. The van der Waals surface area contributed by atoms with Crippen molar-refractivity contribution in [3.05, 3.63) is 65.2 Å². The predicted octanol–water partition coefficient (Wildman–Crippen LogP) is 3.91. The number of fused-ring (bicyclic) bond motifs is 3. The molecule has 1 heterocycles. The number of benzene rings is 2. The lowest BCUT2D eigenvalue weighted by atomic mass is 9.97. The second-order valence-electron chi connectivity index (χ2n) is 7.43. The second kappa shape index (κ2) is 5.68. The molecule has 3 unspecified atom stereocenters. The van der Waals surface area contributed by atoms with Crippen LogP contribution >= 0.6 is 0 Å². The van der Waals surface area contributed by atoms with E-state index in [4.69, 9.17) is 0 Å². The van der Waals surface area contributed by atoms with E-state index in [-0.39, 0.29) is 0 Å². The maximum atomic E-state index is 2.64. The number of nitrogens with zero attached hydrogens (tertiary/aromatic N) is 2. The first-order chi connectivity index (χ1) is 11.1. The molecule has 2 aromatic carbocycles. The zero-order valence-electron chi connectivity index (χ0n) is 14.4. The molecule has 1 aliphatic carbocycles. The maximum absolute atomic E-state index is 2.64. The van der Waals surface area contributed by atoms with E-state index >= 15 is 0 Å². The Labute approximate surface area is 139 Å². The van der Waals surface area contributed by atoms with Crippen molar-refractivity contribution in [1.29, 1.82) is 0 Å². The quantitative estimate of drug-likeness (QED) is 0.848. The van der Waals surface area contributed by atoms with Crippen molar-refractivity contribution in [3.8, 4) is 0 Å². The van der Waals surface area contributed by atoms with Crippen LogP contribution in [0.4, 0.5) is 5.69 Å². The SMILES string of the molecule is CN(C)c1ccc2c(c1)CC1CC(Cc3ccccc3)N(C)C21. The van der Waals surface area contributed by atoms with Gasteiger partial charge < -0.3 is 4.90 Å². The minimum Gasteiger partial charge on any atom is -0.378 e. The molecule has 2 nitrogen and oxygen atoms in total. The van der Waals surface area contributed by atoms with E-state index in [2.05, 4.69) is 79.5 Å². The zero-order valence-corrected chi connectivity index (χ0v) is 14.4. The summed E-state index contributed by atoms with van der Waals surface area (Å²) >= 11 is 0. The largest absolute Gasteiger partial charge is 0.378 e. The summed E-state index contributed by atoms with van der Waals surface area (Å²) in [6.07, 6.45) is 3.74. The van der Waals surface area contributed by atoms with Crippen molar-refractivity contribution < 1.29 is 0 Å². The topological polar surface area (TPSA) is 6.48 Å². The first-order valence-electron chi connectivity index (χ1n) is 8.69. The summed E-state index contributed by atoms with van der Waals surface area (Å²) in [7, 11) is 6.58. The van der Waals surface area contributed by atoms with Gasteiger partial charge in [0.25, 0.3) is 0 Å².